The number of likely N-dealkylation sites (tertiary alicyclic amines) is 1. The van der Waals surface area contributed by atoms with Crippen LogP contribution in [0.4, 0.5) is 0 Å². The molecule has 0 saturated carbocycles. The summed E-state index contributed by atoms with van der Waals surface area (Å²) >= 11 is 0. The van der Waals surface area contributed by atoms with Gasteiger partial charge in [-0.2, -0.15) is 0 Å². The molecule has 1 fully saturated rings. The molecule has 0 spiro atoms. The normalized spacial score (nSPS) is 15.4. The summed E-state index contributed by atoms with van der Waals surface area (Å²) in [5.41, 5.74) is 4.34. The number of hydrogen-bond acceptors (Lipinski definition) is 4. The largest absolute Gasteiger partial charge is 0.456 e. The number of nitrogens with zero attached hydrogens (tertiary/aromatic N) is 3. The SMILES string of the molecule is Cc1ccc(C(=O)NC2CCN(Cc3c(-c4ccccc4)nc4ccccn34)CC2)o1. The molecule has 1 N–H and O–H groups in total. The molecule has 1 aromatic carbocycles. The number of imidazole rings is 1. The minimum absolute atomic E-state index is 0.125. The van der Waals surface area contributed by atoms with Gasteiger partial charge in [0.1, 0.15) is 11.4 Å². The summed E-state index contributed by atoms with van der Waals surface area (Å²) in [5, 5.41) is 3.12. The Kier molecular flexibility index (Phi) is 5.30. The molecule has 3 aromatic heterocycles. The zero-order valence-electron chi connectivity index (χ0n) is 17.6. The molecule has 31 heavy (non-hydrogen) atoms. The van der Waals surface area contributed by atoms with Gasteiger partial charge in [0.2, 0.25) is 0 Å². The summed E-state index contributed by atoms with van der Waals surface area (Å²) in [4.78, 5) is 19.7. The lowest BCUT2D eigenvalue weighted by Crippen LogP contribution is -2.44. The van der Waals surface area contributed by atoms with Crippen molar-refractivity contribution in [3.8, 4) is 11.3 Å². The van der Waals surface area contributed by atoms with Gasteiger partial charge in [0.05, 0.1) is 11.4 Å². The first-order valence-electron chi connectivity index (χ1n) is 10.8. The van der Waals surface area contributed by atoms with Crippen molar-refractivity contribution in [1.82, 2.24) is 19.6 Å². The minimum atomic E-state index is -0.125. The van der Waals surface area contributed by atoms with E-state index < -0.39 is 0 Å². The maximum Gasteiger partial charge on any atom is 0.287 e. The van der Waals surface area contributed by atoms with Crippen molar-refractivity contribution < 1.29 is 9.21 Å². The van der Waals surface area contributed by atoms with Gasteiger partial charge in [-0.15, -0.1) is 0 Å². The number of carbonyl (C=O) groups excluding carboxylic acids is 1. The van der Waals surface area contributed by atoms with E-state index in [4.69, 9.17) is 9.40 Å². The fourth-order valence-electron chi connectivity index (χ4n) is 4.29. The molecule has 1 saturated heterocycles. The van der Waals surface area contributed by atoms with Gasteiger partial charge in [0, 0.05) is 37.4 Å². The molecule has 0 bridgehead atoms. The second kappa shape index (κ2) is 8.40. The number of aryl methyl sites for hydroxylation is 1. The van der Waals surface area contributed by atoms with Crippen molar-refractivity contribution in [1.29, 1.82) is 0 Å². The number of amides is 1. The lowest BCUT2D eigenvalue weighted by molar-refractivity contribution is 0.0879. The Morgan fingerprint density at radius 1 is 1.06 bits per heavy atom. The third-order valence-electron chi connectivity index (χ3n) is 5.94. The standard InChI is InChI=1S/C25H26N4O2/c1-18-10-11-22(31-18)25(30)26-20-12-15-28(16-13-20)17-21-24(19-7-3-2-4-8-19)27-23-9-5-6-14-29(21)23/h2-11,14,20H,12-13,15-17H2,1H3,(H,26,30). The number of piperidine rings is 1. The molecule has 4 heterocycles. The third kappa shape index (κ3) is 4.11. The van der Waals surface area contributed by atoms with E-state index in [1.165, 1.54) is 5.69 Å². The van der Waals surface area contributed by atoms with Gasteiger partial charge in [-0.3, -0.25) is 9.69 Å². The minimum Gasteiger partial charge on any atom is -0.456 e. The molecule has 0 radical (unpaired) electrons. The molecule has 158 valence electrons. The quantitative estimate of drug-likeness (QED) is 0.529. The average Bonchev–Trinajstić information content (AvgIpc) is 3.40. The number of furan rings is 1. The summed E-state index contributed by atoms with van der Waals surface area (Å²) in [5.74, 6) is 1.01. The number of fused-ring (bicyclic) bond motifs is 1. The predicted molar refractivity (Wildman–Crippen MR) is 120 cm³/mol. The Hall–Kier alpha value is -3.38. The first-order valence-corrected chi connectivity index (χ1v) is 10.8. The molecule has 4 aromatic rings. The van der Waals surface area contributed by atoms with Crippen LogP contribution in [0.25, 0.3) is 16.9 Å². The Morgan fingerprint density at radius 3 is 2.58 bits per heavy atom. The monoisotopic (exact) mass is 414 g/mol. The van der Waals surface area contributed by atoms with Gasteiger partial charge in [0.25, 0.3) is 5.91 Å². The second-order valence-electron chi connectivity index (χ2n) is 8.14. The van der Waals surface area contributed by atoms with Crippen molar-refractivity contribution in [2.24, 2.45) is 0 Å². The van der Waals surface area contributed by atoms with Gasteiger partial charge >= 0.3 is 0 Å². The van der Waals surface area contributed by atoms with E-state index in [2.05, 4.69) is 45.1 Å². The number of benzene rings is 1. The first kappa shape index (κ1) is 19.6. The summed E-state index contributed by atoms with van der Waals surface area (Å²) in [7, 11) is 0. The van der Waals surface area contributed by atoms with E-state index in [9.17, 15) is 4.79 Å². The Bertz CT molecular complexity index is 1190. The summed E-state index contributed by atoms with van der Waals surface area (Å²) < 4.78 is 7.63. The van der Waals surface area contributed by atoms with Gasteiger partial charge < -0.3 is 14.1 Å². The highest BCUT2D eigenvalue weighted by Gasteiger charge is 2.24. The molecule has 6 heteroatoms. The summed E-state index contributed by atoms with van der Waals surface area (Å²) in [6.45, 7) is 4.53. The van der Waals surface area contributed by atoms with Gasteiger partial charge in [-0.05, 0) is 44.0 Å². The fraction of sp³-hybridized carbons (Fsp3) is 0.280. The summed E-state index contributed by atoms with van der Waals surface area (Å²) in [6, 6.07) is 20.2. The Labute approximate surface area is 181 Å². The fourth-order valence-corrected chi connectivity index (χ4v) is 4.29. The number of aromatic nitrogens is 2. The van der Waals surface area contributed by atoms with Crippen molar-refractivity contribution in [3.05, 3.63) is 84.1 Å². The lowest BCUT2D eigenvalue weighted by Gasteiger charge is -2.32. The molecule has 0 unspecified atom stereocenters. The highest BCUT2D eigenvalue weighted by molar-refractivity contribution is 5.91. The van der Waals surface area contributed by atoms with Crippen LogP contribution in [-0.2, 0) is 6.54 Å². The second-order valence-corrected chi connectivity index (χ2v) is 8.14. The highest BCUT2D eigenvalue weighted by Crippen LogP contribution is 2.26. The maximum absolute atomic E-state index is 12.4. The average molecular weight is 415 g/mol. The Balaban J connectivity index is 1.29. The molecule has 6 nitrogen and oxygen atoms in total. The topological polar surface area (TPSA) is 62.8 Å². The van der Waals surface area contributed by atoms with E-state index in [1.54, 1.807) is 6.07 Å². The summed E-state index contributed by atoms with van der Waals surface area (Å²) in [6.07, 6.45) is 3.92. The van der Waals surface area contributed by atoms with Crippen LogP contribution in [0.2, 0.25) is 0 Å². The number of rotatable bonds is 5. The number of nitrogens with one attached hydrogen (secondary N) is 1. The number of carbonyl (C=O) groups is 1. The van der Waals surface area contributed by atoms with Crippen LogP contribution >= 0.6 is 0 Å². The third-order valence-corrected chi connectivity index (χ3v) is 5.94. The first-order chi connectivity index (χ1) is 15.2. The Morgan fingerprint density at radius 2 is 1.84 bits per heavy atom. The molecule has 0 atom stereocenters. The molecular formula is C25H26N4O2. The number of hydrogen-bond donors (Lipinski definition) is 1. The molecule has 5 rings (SSSR count). The van der Waals surface area contributed by atoms with E-state index in [-0.39, 0.29) is 11.9 Å². The van der Waals surface area contributed by atoms with Crippen molar-refractivity contribution >= 4 is 11.6 Å². The van der Waals surface area contributed by atoms with Crippen LogP contribution in [-0.4, -0.2) is 39.3 Å². The van der Waals surface area contributed by atoms with Crippen LogP contribution in [0.5, 0.6) is 0 Å². The van der Waals surface area contributed by atoms with Crippen LogP contribution in [0.3, 0.4) is 0 Å². The highest BCUT2D eigenvalue weighted by atomic mass is 16.3. The van der Waals surface area contributed by atoms with Crippen LogP contribution in [0, 0.1) is 6.92 Å². The molecule has 1 aliphatic heterocycles. The van der Waals surface area contributed by atoms with Crippen LogP contribution in [0.1, 0.15) is 34.9 Å². The smallest absolute Gasteiger partial charge is 0.287 e. The van der Waals surface area contributed by atoms with Crippen LogP contribution < -0.4 is 5.32 Å². The molecule has 1 amide bonds. The molecule has 1 aliphatic rings. The van der Waals surface area contributed by atoms with Gasteiger partial charge in [-0.25, -0.2) is 4.98 Å². The number of pyridine rings is 1. The zero-order valence-corrected chi connectivity index (χ0v) is 17.6. The van der Waals surface area contributed by atoms with E-state index in [0.29, 0.717) is 5.76 Å². The van der Waals surface area contributed by atoms with Gasteiger partial charge in [-0.1, -0.05) is 36.4 Å². The maximum atomic E-state index is 12.4. The van der Waals surface area contributed by atoms with Crippen molar-refractivity contribution in [2.75, 3.05) is 13.1 Å². The van der Waals surface area contributed by atoms with Crippen molar-refractivity contribution in [3.63, 3.8) is 0 Å². The van der Waals surface area contributed by atoms with Crippen molar-refractivity contribution in [2.45, 2.75) is 32.4 Å². The predicted octanol–water partition coefficient (Wildman–Crippen LogP) is 4.30. The van der Waals surface area contributed by atoms with E-state index in [0.717, 1.165) is 55.1 Å². The lowest BCUT2D eigenvalue weighted by atomic mass is 10.0. The molecular weight excluding hydrogens is 388 g/mol. The van der Waals surface area contributed by atoms with E-state index >= 15 is 0 Å². The van der Waals surface area contributed by atoms with E-state index in [1.807, 2.05) is 37.3 Å². The molecule has 0 aliphatic carbocycles. The van der Waals surface area contributed by atoms with Gasteiger partial charge in [0.15, 0.2) is 5.76 Å². The van der Waals surface area contributed by atoms with Crippen LogP contribution in [0.15, 0.2) is 71.3 Å². The zero-order chi connectivity index (χ0) is 21.2.